The lowest BCUT2D eigenvalue weighted by molar-refractivity contribution is -0.139. The number of aliphatic carboxylic acids is 1. The number of nitrogens with one attached hydrogen (secondary N) is 1. The maximum atomic E-state index is 12.6. The van der Waals surface area contributed by atoms with Gasteiger partial charge in [-0.05, 0) is 49.4 Å². The van der Waals surface area contributed by atoms with E-state index in [0.29, 0.717) is 24.3 Å². The Labute approximate surface area is 169 Å². The van der Waals surface area contributed by atoms with Crippen molar-refractivity contribution < 1.29 is 27.9 Å². The standard InChI is InChI=1S/C18H25ClN2O6S/c1-12(2)11-16(17(22)23)20-18(24)27-14-7-9-21(10-8-14)28(25,26)15-5-3-13(19)4-6-15/h3-6,12,14,16H,7-11H2,1-2H3,(H,20,24)(H,22,23)/t16-/m0/s1. The number of piperidine rings is 1. The number of rotatable bonds is 7. The van der Waals surface area contributed by atoms with Gasteiger partial charge in [0.05, 0.1) is 4.90 Å². The van der Waals surface area contributed by atoms with Crippen LogP contribution >= 0.6 is 11.6 Å². The van der Waals surface area contributed by atoms with Crippen LogP contribution in [0.1, 0.15) is 33.1 Å². The van der Waals surface area contributed by atoms with E-state index in [-0.39, 0.29) is 23.9 Å². The zero-order valence-electron chi connectivity index (χ0n) is 15.8. The zero-order valence-corrected chi connectivity index (χ0v) is 17.4. The Kier molecular flexibility index (Phi) is 7.68. The highest BCUT2D eigenvalue weighted by Gasteiger charge is 2.31. The van der Waals surface area contributed by atoms with Crippen molar-refractivity contribution in [1.29, 1.82) is 0 Å². The van der Waals surface area contributed by atoms with Crippen LogP contribution in [0.5, 0.6) is 0 Å². The number of carboxylic acid groups (broad SMARTS) is 1. The summed E-state index contributed by atoms with van der Waals surface area (Å²) in [4.78, 5) is 23.4. The van der Waals surface area contributed by atoms with Crippen LogP contribution in [-0.2, 0) is 19.6 Å². The van der Waals surface area contributed by atoms with Crippen LogP contribution in [0.3, 0.4) is 0 Å². The van der Waals surface area contributed by atoms with Crippen molar-refractivity contribution in [3.8, 4) is 0 Å². The normalized spacial score (nSPS) is 17.3. The lowest BCUT2D eigenvalue weighted by Gasteiger charge is -2.31. The van der Waals surface area contributed by atoms with Gasteiger partial charge in [-0.15, -0.1) is 0 Å². The van der Waals surface area contributed by atoms with Gasteiger partial charge in [-0.25, -0.2) is 18.0 Å². The molecule has 0 radical (unpaired) electrons. The second-order valence-corrected chi connectivity index (χ2v) is 9.50. The third-order valence-electron chi connectivity index (χ3n) is 4.42. The number of hydrogen-bond acceptors (Lipinski definition) is 5. The van der Waals surface area contributed by atoms with Gasteiger partial charge < -0.3 is 15.2 Å². The van der Waals surface area contributed by atoms with Gasteiger partial charge in [-0.3, -0.25) is 0 Å². The van der Waals surface area contributed by atoms with Crippen molar-refractivity contribution in [3.05, 3.63) is 29.3 Å². The fraction of sp³-hybridized carbons (Fsp3) is 0.556. The molecule has 0 bridgehead atoms. The molecule has 8 nitrogen and oxygen atoms in total. The van der Waals surface area contributed by atoms with Gasteiger partial charge in [0.1, 0.15) is 12.1 Å². The molecule has 0 spiro atoms. The maximum absolute atomic E-state index is 12.6. The van der Waals surface area contributed by atoms with Crippen LogP contribution in [-0.4, -0.2) is 55.1 Å². The molecule has 1 heterocycles. The van der Waals surface area contributed by atoms with E-state index >= 15 is 0 Å². The summed E-state index contributed by atoms with van der Waals surface area (Å²) in [6.07, 6.45) is -0.302. The molecular formula is C18H25ClN2O6S. The van der Waals surface area contributed by atoms with E-state index in [1.165, 1.54) is 28.6 Å². The van der Waals surface area contributed by atoms with E-state index in [9.17, 15) is 23.1 Å². The van der Waals surface area contributed by atoms with Crippen molar-refractivity contribution >= 4 is 33.7 Å². The molecule has 1 fully saturated rings. The number of carbonyl (C=O) groups excluding carboxylic acids is 1. The Bertz CT molecular complexity index is 789. The monoisotopic (exact) mass is 432 g/mol. The molecule has 0 unspecified atom stereocenters. The minimum absolute atomic E-state index is 0.0997. The number of alkyl carbamates (subject to hydrolysis) is 1. The number of ether oxygens (including phenoxy) is 1. The lowest BCUT2D eigenvalue weighted by Crippen LogP contribution is -2.45. The number of carbonyl (C=O) groups is 2. The van der Waals surface area contributed by atoms with Crippen molar-refractivity contribution in [2.24, 2.45) is 5.92 Å². The molecule has 28 heavy (non-hydrogen) atoms. The lowest BCUT2D eigenvalue weighted by atomic mass is 10.0. The van der Waals surface area contributed by atoms with Gasteiger partial charge in [-0.1, -0.05) is 25.4 Å². The van der Waals surface area contributed by atoms with Crippen LogP contribution in [0.2, 0.25) is 5.02 Å². The van der Waals surface area contributed by atoms with Crippen LogP contribution in [0, 0.1) is 5.92 Å². The summed E-state index contributed by atoms with van der Waals surface area (Å²) < 4.78 is 31.9. The molecule has 2 rings (SSSR count). The maximum Gasteiger partial charge on any atom is 0.408 e. The molecule has 0 aromatic heterocycles. The van der Waals surface area contributed by atoms with Crippen molar-refractivity contribution in [2.75, 3.05) is 13.1 Å². The molecule has 1 amide bonds. The zero-order chi connectivity index (χ0) is 20.9. The first-order chi connectivity index (χ1) is 13.1. The van der Waals surface area contributed by atoms with Gasteiger partial charge in [0.2, 0.25) is 10.0 Å². The number of halogens is 1. The minimum atomic E-state index is -3.63. The Hall–Kier alpha value is -1.84. The molecule has 1 atom stereocenters. The molecule has 1 saturated heterocycles. The highest BCUT2D eigenvalue weighted by Crippen LogP contribution is 2.23. The first-order valence-electron chi connectivity index (χ1n) is 9.05. The van der Waals surface area contributed by atoms with E-state index in [2.05, 4.69) is 5.32 Å². The molecule has 1 aliphatic rings. The van der Waals surface area contributed by atoms with E-state index in [4.69, 9.17) is 16.3 Å². The molecule has 1 aromatic rings. The first kappa shape index (κ1) is 22.4. The minimum Gasteiger partial charge on any atom is -0.480 e. The molecule has 156 valence electrons. The van der Waals surface area contributed by atoms with Crippen LogP contribution < -0.4 is 5.32 Å². The fourth-order valence-corrected chi connectivity index (χ4v) is 4.56. The highest BCUT2D eigenvalue weighted by molar-refractivity contribution is 7.89. The molecular weight excluding hydrogens is 408 g/mol. The summed E-state index contributed by atoms with van der Waals surface area (Å²) in [5, 5.41) is 12.0. The van der Waals surface area contributed by atoms with Gasteiger partial charge in [-0.2, -0.15) is 4.31 Å². The largest absolute Gasteiger partial charge is 0.480 e. The van der Waals surface area contributed by atoms with Crippen LogP contribution in [0.4, 0.5) is 4.79 Å². The third-order valence-corrected chi connectivity index (χ3v) is 6.59. The van der Waals surface area contributed by atoms with Crippen LogP contribution in [0.25, 0.3) is 0 Å². The fourth-order valence-electron chi connectivity index (χ4n) is 2.97. The summed E-state index contributed by atoms with van der Waals surface area (Å²) in [5.74, 6) is -1.02. The van der Waals surface area contributed by atoms with Gasteiger partial charge >= 0.3 is 12.1 Å². The average molecular weight is 433 g/mol. The predicted molar refractivity (Wildman–Crippen MR) is 104 cm³/mol. The summed E-state index contributed by atoms with van der Waals surface area (Å²) in [5.41, 5.74) is 0. The average Bonchev–Trinajstić information content (AvgIpc) is 2.61. The van der Waals surface area contributed by atoms with E-state index in [0.717, 1.165) is 0 Å². The van der Waals surface area contributed by atoms with E-state index < -0.39 is 34.2 Å². The van der Waals surface area contributed by atoms with Gasteiger partial charge in [0.15, 0.2) is 0 Å². The van der Waals surface area contributed by atoms with Crippen molar-refractivity contribution in [3.63, 3.8) is 0 Å². The molecule has 1 aliphatic heterocycles. The first-order valence-corrected chi connectivity index (χ1v) is 10.9. The van der Waals surface area contributed by atoms with E-state index in [1.54, 1.807) is 0 Å². The molecule has 10 heteroatoms. The number of sulfonamides is 1. The third kappa shape index (κ3) is 6.08. The summed E-state index contributed by atoms with van der Waals surface area (Å²) in [7, 11) is -3.63. The number of carboxylic acids is 1. The number of amides is 1. The Morgan fingerprint density at radius 1 is 1.25 bits per heavy atom. The summed E-state index contributed by atoms with van der Waals surface area (Å²) in [6.45, 7) is 4.13. The second kappa shape index (κ2) is 9.58. The SMILES string of the molecule is CC(C)C[C@H](NC(=O)OC1CCN(S(=O)(=O)c2ccc(Cl)cc2)CC1)C(=O)O. The van der Waals surface area contributed by atoms with E-state index in [1.807, 2.05) is 13.8 Å². The summed E-state index contributed by atoms with van der Waals surface area (Å²) in [6, 6.07) is 4.93. The van der Waals surface area contributed by atoms with Crippen molar-refractivity contribution in [1.82, 2.24) is 9.62 Å². The predicted octanol–water partition coefficient (Wildman–Crippen LogP) is 2.72. The van der Waals surface area contributed by atoms with Gasteiger partial charge in [0.25, 0.3) is 0 Å². The molecule has 0 aliphatic carbocycles. The van der Waals surface area contributed by atoms with Crippen LogP contribution in [0.15, 0.2) is 29.2 Å². The van der Waals surface area contributed by atoms with Crippen molar-refractivity contribution in [2.45, 2.75) is 50.2 Å². The molecule has 1 aromatic carbocycles. The second-order valence-electron chi connectivity index (χ2n) is 7.13. The number of hydrogen-bond donors (Lipinski definition) is 2. The molecule has 2 N–H and O–H groups in total. The van der Waals surface area contributed by atoms with Gasteiger partial charge in [0, 0.05) is 18.1 Å². The Morgan fingerprint density at radius 2 is 1.82 bits per heavy atom. The number of nitrogens with zero attached hydrogens (tertiary/aromatic N) is 1. The topological polar surface area (TPSA) is 113 Å². The summed E-state index contributed by atoms with van der Waals surface area (Å²) >= 11 is 5.80. The smallest absolute Gasteiger partial charge is 0.408 e. The Morgan fingerprint density at radius 3 is 2.32 bits per heavy atom. The quantitative estimate of drug-likeness (QED) is 0.684. The number of benzene rings is 1. The Balaban J connectivity index is 1.88. The molecule has 0 saturated carbocycles. The highest BCUT2D eigenvalue weighted by atomic mass is 35.5.